The lowest BCUT2D eigenvalue weighted by Crippen LogP contribution is -2.21. The zero-order chi connectivity index (χ0) is 24.1. The van der Waals surface area contributed by atoms with Gasteiger partial charge in [0.1, 0.15) is 11.5 Å². The molecular formula is C31H30O2P2. The van der Waals surface area contributed by atoms with E-state index in [0.717, 1.165) is 23.8 Å². The highest BCUT2D eigenvalue weighted by Gasteiger charge is 2.33. The highest BCUT2D eigenvalue weighted by atomic mass is 31.1. The van der Waals surface area contributed by atoms with Gasteiger partial charge in [0, 0.05) is 26.2 Å². The van der Waals surface area contributed by atoms with Crippen molar-refractivity contribution in [3.05, 3.63) is 121 Å². The normalized spacial score (nSPS) is 15.1. The number of hydrogen-bond donors (Lipinski definition) is 0. The first-order chi connectivity index (χ1) is 17.1. The first kappa shape index (κ1) is 23.8. The molecule has 0 spiro atoms. The van der Waals surface area contributed by atoms with Gasteiger partial charge in [-0.05, 0) is 32.9 Å². The number of rotatable bonds is 8. The zero-order valence-corrected chi connectivity index (χ0v) is 22.1. The number of ether oxygens (including phenoxy) is 2. The standard InChI is InChI=1S/C31H30O2P2/c1-31(2)32-27(21-34-29-19-11-9-17-25(29)23-13-5-3-6-14-23)28(33-31)22-35-30-20-12-10-18-26(30)24-15-7-4-8-16-24/h3-20,34-35H,21-22H2,1-2H3. The number of allylic oxidation sites excluding steroid dienone is 2. The summed E-state index contributed by atoms with van der Waals surface area (Å²) in [7, 11) is 1.22. The largest absolute Gasteiger partial charge is 0.453 e. The molecule has 176 valence electrons. The van der Waals surface area contributed by atoms with Crippen LogP contribution >= 0.6 is 17.2 Å². The molecule has 0 aliphatic carbocycles. The zero-order valence-electron chi connectivity index (χ0n) is 20.1. The fourth-order valence-electron chi connectivity index (χ4n) is 4.36. The Labute approximate surface area is 212 Å². The van der Waals surface area contributed by atoms with E-state index >= 15 is 0 Å². The number of hydrogen-bond acceptors (Lipinski definition) is 2. The van der Waals surface area contributed by atoms with Gasteiger partial charge in [-0.2, -0.15) is 0 Å². The van der Waals surface area contributed by atoms with E-state index in [9.17, 15) is 0 Å². The molecule has 0 radical (unpaired) electrons. The first-order valence-electron chi connectivity index (χ1n) is 12.0. The van der Waals surface area contributed by atoms with Gasteiger partial charge in [0.15, 0.2) is 0 Å². The summed E-state index contributed by atoms with van der Waals surface area (Å²) >= 11 is 0. The van der Waals surface area contributed by atoms with Crippen molar-refractivity contribution in [2.24, 2.45) is 0 Å². The number of benzene rings is 4. The summed E-state index contributed by atoms with van der Waals surface area (Å²) in [5.74, 6) is 1.39. The second kappa shape index (κ2) is 10.8. The molecule has 0 saturated carbocycles. The third-order valence-corrected chi connectivity index (χ3v) is 8.58. The quantitative estimate of drug-likeness (QED) is 0.238. The lowest BCUT2D eigenvalue weighted by molar-refractivity contribution is -0.121. The minimum absolute atomic E-state index is 0.611. The molecule has 5 rings (SSSR count). The molecule has 4 aromatic rings. The van der Waals surface area contributed by atoms with Crippen LogP contribution in [-0.4, -0.2) is 18.1 Å². The minimum atomic E-state index is -0.614. The average molecular weight is 497 g/mol. The second-order valence-corrected chi connectivity index (χ2v) is 11.5. The lowest BCUT2D eigenvalue weighted by atomic mass is 10.1. The Morgan fingerprint density at radius 3 is 1.31 bits per heavy atom. The fraction of sp³-hybridized carbons (Fsp3) is 0.161. The maximum Gasteiger partial charge on any atom is 0.245 e. The third-order valence-electron chi connectivity index (χ3n) is 5.95. The Kier molecular flexibility index (Phi) is 7.33. The lowest BCUT2D eigenvalue weighted by Gasteiger charge is -2.19. The van der Waals surface area contributed by atoms with E-state index in [0.29, 0.717) is 17.2 Å². The van der Waals surface area contributed by atoms with Gasteiger partial charge < -0.3 is 9.47 Å². The van der Waals surface area contributed by atoms with E-state index in [1.165, 1.54) is 32.9 Å². The topological polar surface area (TPSA) is 18.5 Å². The van der Waals surface area contributed by atoms with Crippen LogP contribution in [0, 0.1) is 0 Å². The third kappa shape index (κ3) is 5.84. The molecule has 4 heteroatoms. The van der Waals surface area contributed by atoms with Crippen LogP contribution in [0.5, 0.6) is 0 Å². The summed E-state index contributed by atoms with van der Waals surface area (Å²) in [5.41, 5.74) is 5.11. The van der Waals surface area contributed by atoms with Crippen LogP contribution in [0.15, 0.2) is 121 Å². The van der Waals surface area contributed by atoms with Crippen molar-refractivity contribution >= 4 is 27.8 Å². The van der Waals surface area contributed by atoms with Gasteiger partial charge in [0.25, 0.3) is 0 Å². The van der Waals surface area contributed by atoms with Gasteiger partial charge in [-0.15, -0.1) is 0 Å². The summed E-state index contributed by atoms with van der Waals surface area (Å²) in [5, 5.41) is 2.71. The molecule has 1 aliphatic heterocycles. The molecule has 35 heavy (non-hydrogen) atoms. The summed E-state index contributed by atoms with van der Waals surface area (Å²) in [6.07, 6.45) is 1.71. The second-order valence-electron chi connectivity index (χ2n) is 8.98. The summed E-state index contributed by atoms with van der Waals surface area (Å²) in [6, 6.07) is 38.6. The van der Waals surface area contributed by atoms with Gasteiger partial charge in [-0.3, -0.25) is 0 Å². The molecule has 1 aliphatic rings. The molecule has 0 bridgehead atoms. The summed E-state index contributed by atoms with van der Waals surface area (Å²) < 4.78 is 12.6. The van der Waals surface area contributed by atoms with Gasteiger partial charge in [-0.25, -0.2) is 0 Å². The predicted molar refractivity (Wildman–Crippen MR) is 153 cm³/mol. The van der Waals surface area contributed by atoms with Crippen molar-refractivity contribution in [3.8, 4) is 22.3 Å². The maximum absolute atomic E-state index is 6.30. The van der Waals surface area contributed by atoms with Crippen LogP contribution < -0.4 is 10.6 Å². The Morgan fingerprint density at radius 2 is 0.886 bits per heavy atom. The van der Waals surface area contributed by atoms with E-state index in [-0.39, 0.29) is 0 Å². The van der Waals surface area contributed by atoms with Gasteiger partial charge in [0.2, 0.25) is 5.79 Å². The van der Waals surface area contributed by atoms with E-state index in [1.54, 1.807) is 0 Å². The average Bonchev–Trinajstić information content (AvgIpc) is 3.21. The van der Waals surface area contributed by atoms with Crippen LogP contribution in [0.2, 0.25) is 0 Å². The van der Waals surface area contributed by atoms with Crippen molar-refractivity contribution in [3.63, 3.8) is 0 Å². The highest BCUT2D eigenvalue weighted by Crippen LogP contribution is 2.37. The van der Waals surface area contributed by atoms with Crippen LogP contribution in [0.3, 0.4) is 0 Å². The molecule has 4 aromatic carbocycles. The smallest absolute Gasteiger partial charge is 0.245 e. The molecule has 0 saturated heterocycles. The molecule has 0 aromatic heterocycles. The molecule has 0 fully saturated rings. The van der Waals surface area contributed by atoms with Crippen molar-refractivity contribution in [2.75, 3.05) is 12.3 Å². The van der Waals surface area contributed by atoms with E-state index < -0.39 is 5.79 Å². The maximum atomic E-state index is 6.30. The molecular weight excluding hydrogens is 466 g/mol. The summed E-state index contributed by atoms with van der Waals surface area (Å²) in [4.78, 5) is 0. The van der Waals surface area contributed by atoms with Crippen molar-refractivity contribution in [1.29, 1.82) is 0 Å². The van der Waals surface area contributed by atoms with E-state index in [1.807, 2.05) is 13.8 Å². The van der Waals surface area contributed by atoms with E-state index in [4.69, 9.17) is 9.47 Å². The molecule has 2 nitrogen and oxygen atoms in total. The fourth-order valence-corrected chi connectivity index (χ4v) is 6.87. The minimum Gasteiger partial charge on any atom is -0.453 e. The predicted octanol–water partition coefficient (Wildman–Crippen LogP) is 7.32. The SMILES string of the molecule is CC1(C)OC(CPc2ccccc2-c2ccccc2)=C(CPc2ccccc2-c2ccccc2)O1. The van der Waals surface area contributed by atoms with Crippen molar-refractivity contribution < 1.29 is 9.47 Å². The van der Waals surface area contributed by atoms with Crippen molar-refractivity contribution in [1.82, 2.24) is 0 Å². The van der Waals surface area contributed by atoms with Crippen LogP contribution in [0.4, 0.5) is 0 Å². The van der Waals surface area contributed by atoms with Gasteiger partial charge in [0.05, 0.1) is 0 Å². The molecule has 2 atom stereocenters. The summed E-state index contributed by atoms with van der Waals surface area (Å²) in [6.45, 7) is 4.00. The van der Waals surface area contributed by atoms with Crippen LogP contribution in [0.25, 0.3) is 22.3 Å². The molecule has 1 heterocycles. The first-order valence-corrected chi connectivity index (χ1v) is 14.4. The monoisotopic (exact) mass is 496 g/mol. The van der Waals surface area contributed by atoms with Crippen LogP contribution in [0.1, 0.15) is 13.8 Å². The van der Waals surface area contributed by atoms with Gasteiger partial charge in [-0.1, -0.05) is 126 Å². The highest BCUT2D eigenvalue weighted by molar-refractivity contribution is 7.48. The van der Waals surface area contributed by atoms with Crippen molar-refractivity contribution in [2.45, 2.75) is 19.6 Å². The molecule has 0 amide bonds. The molecule has 0 N–H and O–H groups in total. The Hall–Kier alpha value is -2.92. The van der Waals surface area contributed by atoms with E-state index in [2.05, 4.69) is 109 Å². The van der Waals surface area contributed by atoms with Crippen LogP contribution in [-0.2, 0) is 9.47 Å². The Balaban J connectivity index is 1.35. The Morgan fingerprint density at radius 1 is 0.514 bits per heavy atom. The molecule has 2 unspecified atom stereocenters. The van der Waals surface area contributed by atoms with Gasteiger partial charge >= 0.3 is 0 Å². The Bertz CT molecular complexity index is 1210.